The fraction of sp³-hybridized carbons (Fsp3) is 0.379. The van der Waals surface area contributed by atoms with Crippen LogP contribution < -0.4 is 0 Å². The van der Waals surface area contributed by atoms with Gasteiger partial charge in [-0.15, -0.1) is 0 Å². The molecule has 2 rings (SSSR count). The molecule has 0 unspecified atom stereocenters. The largest absolute Gasteiger partial charge is 0.508 e. The second kappa shape index (κ2) is 11.9. The van der Waals surface area contributed by atoms with E-state index in [1.165, 1.54) is 24.3 Å². The Labute approximate surface area is 216 Å². The number of aryl methyl sites for hydroxylation is 1. The zero-order chi connectivity index (χ0) is 28.0. The second-order valence-electron chi connectivity index (χ2n) is 10.5. The Morgan fingerprint density at radius 2 is 1.22 bits per heavy atom. The number of allylic oxidation sites excluding steroid dienone is 2. The molecule has 0 aliphatic carbocycles. The van der Waals surface area contributed by atoms with E-state index < -0.39 is 22.8 Å². The van der Waals surface area contributed by atoms with E-state index in [2.05, 4.69) is 0 Å². The zero-order valence-corrected chi connectivity index (χ0v) is 21.7. The van der Waals surface area contributed by atoms with Gasteiger partial charge in [0.05, 0.1) is 10.8 Å². The first-order valence-electron chi connectivity index (χ1n) is 12.0. The van der Waals surface area contributed by atoms with E-state index in [0.29, 0.717) is 41.5 Å². The highest BCUT2D eigenvalue weighted by Crippen LogP contribution is 2.33. The number of phenols is 4. The van der Waals surface area contributed by atoms with E-state index in [0.717, 1.165) is 0 Å². The molecule has 2 aromatic carbocycles. The summed E-state index contributed by atoms with van der Waals surface area (Å²) in [7, 11) is 0. The lowest BCUT2D eigenvalue weighted by Crippen LogP contribution is -2.23. The normalized spacial score (nSPS) is 12.4. The third-order valence-corrected chi connectivity index (χ3v) is 6.37. The van der Waals surface area contributed by atoms with Gasteiger partial charge in [0.2, 0.25) is 0 Å². The van der Waals surface area contributed by atoms with Crippen LogP contribution in [0, 0.1) is 10.8 Å². The number of hydrogen-bond donors (Lipinski definition) is 6. The molecule has 37 heavy (non-hydrogen) atoms. The number of rotatable bonds is 12. The third-order valence-electron chi connectivity index (χ3n) is 6.37. The van der Waals surface area contributed by atoms with Crippen molar-refractivity contribution in [1.29, 1.82) is 0 Å². The van der Waals surface area contributed by atoms with Gasteiger partial charge in [-0.1, -0.05) is 24.3 Å². The molecule has 2 aromatic rings. The number of hydrogen-bond acceptors (Lipinski definition) is 6. The van der Waals surface area contributed by atoms with Gasteiger partial charge in [0, 0.05) is 16.7 Å². The van der Waals surface area contributed by atoms with Crippen molar-refractivity contribution in [3.05, 3.63) is 58.7 Å². The summed E-state index contributed by atoms with van der Waals surface area (Å²) in [6.45, 7) is 6.47. The van der Waals surface area contributed by atoms with Crippen molar-refractivity contribution >= 4 is 24.1 Å². The first kappa shape index (κ1) is 29.3. The van der Waals surface area contributed by atoms with Crippen LogP contribution in [-0.4, -0.2) is 42.6 Å². The molecule has 8 heteroatoms. The lowest BCUT2D eigenvalue weighted by atomic mass is 9.86. The van der Waals surface area contributed by atoms with Crippen LogP contribution in [0.3, 0.4) is 0 Å². The minimum absolute atomic E-state index is 0.0213. The highest BCUT2D eigenvalue weighted by molar-refractivity contribution is 5.74. The molecule has 0 spiro atoms. The topological polar surface area (TPSA) is 156 Å². The van der Waals surface area contributed by atoms with Crippen LogP contribution >= 0.6 is 0 Å². The second-order valence-corrected chi connectivity index (χ2v) is 10.5. The number of aliphatic carboxylic acids is 2. The summed E-state index contributed by atoms with van der Waals surface area (Å²) in [4.78, 5) is 22.6. The standard InChI is InChI=1S/C29H36O8/c1-28(2,26(34)35)12-6-10-20-16-22(30)14-18(24(20)32)8-5-9-19-15-23(31)17-21(25(19)33)11-7-13-29(3,4)27(36)37/h5-6,9-10,14-17,30-33H,7-8,11-13H2,1-4H3,(H,34,35)(H,36,37). The molecule has 8 nitrogen and oxygen atoms in total. The Bertz CT molecular complexity index is 1200. The molecule has 0 aromatic heterocycles. The molecule has 0 atom stereocenters. The summed E-state index contributed by atoms with van der Waals surface area (Å²) in [5, 5.41) is 60.0. The summed E-state index contributed by atoms with van der Waals surface area (Å²) < 4.78 is 0. The van der Waals surface area contributed by atoms with Crippen LogP contribution in [0.5, 0.6) is 23.0 Å². The predicted octanol–water partition coefficient (Wildman–Crippen LogP) is 5.71. The van der Waals surface area contributed by atoms with Gasteiger partial charge < -0.3 is 30.6 Å². The molecule has 0 fully saturated rings. The first-order valence-corrected chi connectivity index (χ1v) is 12.0. The molecular weight excluding hydrogens is 476 g/mol. The van der Waals surface area contributed by atoms with E-state index in [1.807, 2.05) is 0 Å². The van der Waals surface area contributed by atoms with E-state index in [4.69, 9.17) is 0 Å². The van der Waals surface area contributed by atoms with Crippen LogP contribution in [0.4, 0.5) is 0 Å². The predicted molar refractivity (Wildman–Crippen MR) is 142 cm³/mol. The number of carboxylic acid groups (broad SMARTS) is 2. The van der Waals surface area contributed by atoms with Crippen molar-refractivity contribution in [2.75, 3.05) is 0 Å². The van der Waals surface area contributed by atoms with Gasteiger partial charge >= 0.3 is 11.9 Å². The van der Waals surface area contributed by atoms with Crippen LogP contribution in [0.25, 0.3) is 12.2 Å². The van der Waals surface area contributed by atoms with Gasteiger partial charge in [-0.2, -0.15) is 0 Å². The quantitative estimate of drug-likeness (QED) is 0.197. The molecule has 0 radical (unpaired) electrons. The van der Waals surface area contributed by atoms with Gasteiger partial charge in [0.1, 0.15) is 23.0 Å². The number of phenolic OH excluding ortho intramolecular Hbond substituents is 4. The molecular formula is C29H36O8. The van der Waals surface area contributed by atoms with Crippen LogP contribution in [-0.2, 0) is 22.4 Å². The highest BCUT2D eigenvalue weighted by Gasteiger charge is 2.26. The Kier molecular flexibility index (Phi) is 9.39. The van der Waals surface area contributed by atoms with Crippen LogP contribution in [0.2, 0.25) is 0 Å². The average molecular weight is 513 g/mol. The minimum atomic E-state index is -0.969. The van der Waals surface area contributed by atoms with Gasteiger partial charge in [-0.05, 0) is 89.6 Å². The molecule has 6 N–H and O–H groups in total. The third kappa shape index (κ3) is 8.03. The number of carboxylic acids is 2. The number of carbonyl (C=O) groups is 2. The molecule has 0 amide bonds. The van der Waals surface area contributed by atoms with Crippen molar-refractivity contribution in [3.63, 3.8) is 0 Å². The summed E-state index contributed by atoms with van der Waals surface area (Å²) in [6, 6.07) is 5.64. The van der Waals surface area contributed by atoms with E-state index >= 15 is 0 Å². The Hall–Kier alpha value is -3.94. The lowest BCUT2D eigenvalue weighted by molar-refractivity contribution is -0.147. The van der Waals surface area contributed by atoms with Gasteiger partial charge in [-0.25, -0.2) is 0 Å². The maximum Gasteiger partial charge on any atom is 0.309 e. The molecule has 200 valence electrons. The van der Waals surface area contributed by atoms with Crippen LogP contribution in [0.15, 0.2) is 36.4 Å². The van der Waals surface area contributed by atoms with Crippen molar-refractivity contribution in [1.82, 2.24) is 0 Å². The van der Waals surface area contributed by atoms with Gasteiger partial charge in [0.15, 0.2) is 0 Å². The van der Waals surface area contributed by atoms with Crippen molar-refractivity contribution in [3.8, 4) is 23.0 Å². The molecule has 0 heterocycles. The smallest absolute Gasteiger partial charge is 0.309 e. The summed E-state index contributed by atoms with van der Waals surface area (Å²) in [6.07, 6.45) is 8.20. The minimum Gasteiger partial charge on any atom is -0.508 e. The Morgan fingerprint density at radius 3 is 1.76 bits per heavy atom. The van der Waals surface area contributed by atoms with Crippen molar-refractivity contribution < 1.29 is 40.2 Å². The van der Waals surface area contributed by atoms with E-state index in [-0.39, 0.29) is 35.8 Å². The first-order chi connectivity index (χ1) is 17.1. The Balaban J connectivity index is 2.18. The summed E-state index contributed by atoms with van der Waals surface area (Å²) in [5.74, 6) is -2.02. The molecule has 0 saturated carbocycles. The maximum atomic E-state index is 11.3. The fourth-order valence-corrected chi connectivity index (χ4v) is 3.71. The molecule has 0 saturated heterocycles. The van der Waals surface area contributed by atoms with Crippen molar-refractivity contribution in [2.24, 2.45) is 10.8 Å². The number of aromatic hydroxyl groups is 4. The average Bonchev–Trinajstić information content (AvgIpc) is 2.78. The van der Waals surface area contributed by atoms with Gasteiger partial charge in [-0.3, -0.25) is 9.59 Å². The highest BCUT2D eigenvalue weighted by atomic mass is 16.4. The molecule has 0 aliphatic rings. The van der Waals surface area contributed by atoms with Gasteiger partial charge in [0.25, 0.3) is 0 Å². The fourth-order valence-electron chi connectivity index (χ4n) is 3.71. The summed E-state index contributed by atoms with van der Waals surface area (Å²) in [5.41, 5.74) is -0.233. The molecule has 0 aliphatic heterocycles. The SMILES string of the molecule is CC(C)(CC=Cc1cc(O)cc(CC=Cc2cc(O)cc(CCCC(C)(C)C(=O)O)c2O)c1O)C(=O)O. The van der Waals surface area contributed by atoms with Crippen molar-refractivity contribution in [2.45, 2.75) is 59.8 Å². The molecule has 0 bridgehead atoms. The zero-order valence-electron chi connectivity index (χ0n) is 21.7. The van der Waals surface area contributed by atoms with E-state index in [9.17, 15) is 40.2 Å². The van der Waals surface area contributed by atoms with Crippen LogP contribution in [0.1, 0.15) is 69.2 Å². The Morgan fingerprint density at radius 1 is 0.730 bits per heavy atom. The lowest BCUT2D eigenvalue weighted by Gasteiger charge is -2.19. The number of benzene rings is 2. The maximum absolute atomic E-state index is 11.3. The van der Waals surface area contributed by atoms with E-state index in [1.54, 1.807) is 52.0 Å². The summed E-state index contributed by atoms with van der Waals surface area (Å²) >= 11 is 0. The monoisotopic (exact) mass is 512 g/mol.